The van der Waals surface area contributed by atoms with E-state index in [1.165, 1.54) is 11.1 Å². The monoisotopic (exact) mass is 755 g/mol. The zero-order chi connectivity index (χ0) is 37.1. The standard InChI is InChI=1S/C41H58ClN3O6S/c1-6-8-20-41(51-7-2,27-44-21-17-34(49-5)18-22-44)36-14-11-32(36)25-45-26-40(19-9-10-30-23-33(42)13-15-35(30)40)28-50-38-16-12-31(24-37(38)45)39(46)43-52(47,48)29(3)4/h8,12-13,15-16,20,23-24,29,32,34,36H,6-7,9-11,14,17-19,21-22,25-28H2,1-5H3,(H,43,46)/b20-8+/t32-,36+,40-,41+/m0/s1. The number of ether oxygens (including phenoxy) is 3. The minimum atomic E-state index is -3.80. The Kier molecular flexibility index (Phi) is 12.3. The molecule has 1 saturated carbocycles. The van der Waals surface area contributed by atoms with Crippen molar-refractivity contribution in [2.24, 2.45) is 11.8 Å². The molecule has 0 unspecified atom stereocenters. The van der Waals surface area contributed by atoms with Crippen LogP contribution in [0.2, 0.25) is 5.02 Å². The van der Waals surface area contributed by atoms with E-state index in [2.05, 4.69) is 52.7 Å². The van der Waals surface area contributed by atoms with Crippen molar-refractivity contribution in [3.63, 3.8) is 0 Å². The van der Waals surface area contributed by atoms with Gasteiger partial charge in [-0.25, -0.2) is 13.1 Å². The zero-order valence-electron chi connectivity index (χ0n) is 31.7. The number of hydrogen-bond acceptors (Lipinski definition) is 8. The summed E-state index contributed by atoms with van der Waals surface area (Å²) in [6.45, 7) is 12.8. The number of aryl methyl sites for hydroxylation is 1. The van der Waals surface area contributed by atoms with Crippen LogP contribution < -0.4 is 14.4 Å². The Labute approximate surface area is 316 Å². The molecule has 2 heterocycles. The molecule has 52 heavy (non-hydrogen) atoms. The molecule has 2 aliphatic heterocycles. The Morgan fingerprint density at radius 2 is 1.92 bits per heavy atom. The molecule has 2 aromatic rings. The van der Waals surface area contributed by atoms with Crippen molar-refractivity contribution < 1.29 is 27.4 Å². The lowest BCUT2D eigenvalue weighted by Crippen LogP contribution is -2.58. The Morgan fingerprint density at radius 1 is 1.13 bits per heavy atom. The molecule has 4 atom stereocenters. The number of amides is 1. The summed E-state index contributed by atoms with van der Waals surface area (Å²) in [5.74, 6) is 0.714. The number of likely N-dealkylation sites (tertiary alicyclic amines) is 1. The van der Waals surface area contributed by atoms with Gasteiger partial charge in [0.1, 0.15) is 11.4 Å². The third-order valence-electron chi connectivity index (χ3n) is 12.0. The van der Waals surface area contributed by atoms with Gasteiger partial charge in [0.05, 0.1) is 23.6 Å². The maximum Gasteiger partial charge on any atom is 0.264 e. The smallest absolute Gasteiger partial charge is 0.264 e. The first-order chi connectivity index (χ1) is 24.9. The number of fused-ring (bicyclic) bond motifs is 3. The largest absolute Gasteiger partial charge is 0.490 e. The van der Waals surface area contributed by atoms with E-state index in [1.54, 1.807) is 19.9 Å². The van der Waals surface area contributed by atoms with Crippen LogP contribution >= 0.6 is 11.6 Å². The second-order valence-electron chi connectivity index (χ2n) is 15.7. The highest BCUT2D eigenvalue weighted by atomic mass is 35.5. The van der Waals surface area contributed by atoms with Gasteiger partial charge >= 0.3 is 0 Å². The molecule has 1 N–H and O–H groups in total. The summed E-state index contributed by atoms with van der Waals surface area (Å²) in [7, 11) is -1.99. The van der Waals surface area contributed by atoms with Gasteiger partial charge in [0, 0.05) is 62.4 Å². The van der Waals surface area contributed by atoms with E-state index in [1.807, 2.05) is 25.3 Å². The molecule has 6 rings (SSSR count). The maximum absolute atomic E-state index is 13.4. The quantitative estimate of drug-likeness (QED) is 0.215. The number of methoxy groups -OCH3 is 1. The van der Waals surface area contributed by atoms with Crippen LogP contribution in [-0.2, 0) is 31.3 Å². The first-order valence-electron chi connectivity index (χ1n) is 19.4. The van der Waals surface area contributed by atoms with E-state index in [4.69, 9.17) is 25.8 Å². The molecule has 2 fully saturated rings. The average molecular weight is 756 g/mol. The molecule has 1 saturated heterocycles. The third kappa shape index (κ3) is 8.21. The van der Waals surface area contributed by atoms with Gasteiger partial charge in [-0.15, -0.1) is 0 Å². The molecule has 11 heteroatoms. The first-order valence-corrected chi connectivity index (χ1v) is 21.3. The third-order valence-corrected chi connectivity index (χ3v) is 14.0. The van der Waals surface area contributed by atoms with Crippen molar-refractivity contribution in [2.45, 2.75) is 101 Å². The summed E-state index contributed by atoms with van der Waals surface area (Å²) in [4.78, 5) is 18.4. The van der Waals surface area contributed by atoms with E-state index in [0.717, 1.165) is 88.3 Å². The van der Waals surface area contributed by atoms with Crippen molar-refractivity contribution in [3.05, 3.63) is 70.3 Å². The highest BCUT2D eigenvalue weighted by Gasteiger charge is 2.50. The van der Waals surface area contributed by atoms with Gasteiger partial charge in [-0.1, -0.05) is 36.7 Å². The van der Waals surface area contributed by atoms with Crippen LogP contribution in [0.3, 0.4) is 0 Å². The lowest BCUT2D eigenvalue weighted by Gasteiger charge is -2.52. The lowest BCUT2D eigenvalue weighted by atomic mass is 9.63. The summed E-state index contributed by atoms with van der Waals surface area (Å²) >= 11 is 6.50. The predicted octanol–water partition coefficient (Wildman–Crippen LogP) is 7.16. The van der Waals surface area contributed by atoms with Crippen molar-refractivity contribution in [2.75, 3.05) is 57.9 Å². The van der Waals surface area contributed by atoms with Crippen LogP contribution in [0.15, 0.2) is 48.6 Å². The van der Waals surface area contributed by atoms with Crippen LogP contribution in [-0.4, -0.2) is 89.2 Å². The highest BCUT2D eigenvalue weighted by Crippen LogP contribution is 2.49. The summed E-state index contributed by atoms with van der Waals surface area (Å²) in [6.07, 6.45) is 13.1. The molecule has 1 amide bonds. The fourth-order valence-corrected chi connectivity index (χ4v) is 9.81. The van der Waals surface area contributed by atoms with Crippen molar-refractivity contribution in [3.8, 4) is 5.75 Å². The molecule has 0 radical (unpaired) electrons. The molecular weight excluding hydrogens is 698 g/mol. The van der Waals surface area contributed by atoms with E-state index in [9.17, 15) is 13.2 Å². The molecule has 0 bridgehead atoms. The van der Waals surface area contributed by atoms with Gasteiger partial charge in [0.2, 0.25) is 10.0 Å². The van der Waals surface area contributed by atoms with Gasteiger partial charge in [-0.2, -0.15) is 0 Å². The van der Waals surface area contributed by atoms with Gasteiger partial charge in [0.15, 0.2) is 0 Å². The fraction of sp³-hybridized carbons (Fsp3) is 0.634. The van der Waals surface area contributed by atoms with Crippen molar-refractivity contribution in [1.82, 2.24) is 9.62 Å². The summed E-state index contributed by atoms with van der Waals surface area (Å²) in [5.41, 5.74) is 2.98. The molecule has 4 aliphatic rings. The number of carbonyl (C=O) groups excluding carboxylic acids is 1. The van der Waals surface area contributed by atoms with Gasteiger partial charge in [-0.3, -0.25) is 9.69 Å². The van der Waals surface area contributed by atoms with Crippen molar-refractivity contribution in [1.29, 1.82) is 0 Å². The molecule has 1 spiro atoms. The SMILES string of the molecule is CC/C=C/[C@](CN1CCC(OC)CC1)(OCC)[C@@H]1CC[C@H]1CN1C[C@@]2(CCCc3cc(Cl)ccc32)COc2ccc(C(=O)NS(=O)(=O)C(C)C)cc21. The number of nitrogens with one attached hydrogen (secondary N) is 1. The number of nitrogens with zero attached hydrogens (tertiary/aromatic N) is 2. The number of benzene rings is 2. The minimum absolute atomic E-state index is 0.273. The second kappa shape index (κ2) is 16.4. The number of hydrogen-bond donors (Lipinski definition) is 1. The Bertz CT molecular complexity index is 1710. The van der Waals surface area contributed by atoms with Gasteiger partial charge < -0.3 is 19.1 Å². The number of halogens is 1. The van der Waals surface area contributed by atoms with Crippen molar-refractivity contribution >= 4 is 33.2 Å². The topological polar surface area (TPSA) is 97.4 Å². The van der Waals surface area contributed by atoms with Gasteiger partial charge in [0.25, 0.3) is 5.91 Å². The number of sulfonamides is 1. The van der Waals surface area contributed by atoms with E-state index in [0.29, 0.717) is 49.0 Å². The van der Waals surface area contributed by atoms with Crippen LogP contribution in [0.1, 0.15) is 94.1 Å². The summed E-state index contributed by atoms with van der Waals surface area (Å²) in [6, 6.07) is 11.6. The van der Waals surface area contributed by atoms with Crippen LogP contribution in [0.5, 0.6) is 5.75 Å². The average Bonchev–Trinajstić information content (AvgIpc) is 3.26. The lowest BCUT2D eigenvalue weighted by molar-refractivity contribution is -0.113. The Hall–Kier alpha value is -2.63. The maximum atomic E-state index is 13.4. The van der Waals surface area contributed by atoms with Gasteiger partial charge in [-0.05, 0) is 125 Å². The number of allylic oxidation sites excluding steroid dienone is 1. The predicted molar refractivity (Wildman–Crippen MR) is 208 cm³/mol. The van der Waals surface area contributed by atoms with Crippen LogP contribution in [0, 0.1) is 11.8 Å². The fourth-order valence-electron chi connectivity index (χ4n) is 9.01. The highest BCUT2D eigenvalue weighted by molar-refractivity contribution is 7.90. The summed E-state index contributed by atoms with van der Waals surface area (Å²) < 4.78 is 46.9. The Balaban J connectivity index is 1.36. The molecule has 2 aliphatic carbocycles. The number of carbonyl (C=O) groups is 1. The molecule has 286 valence electrons. The Morgan fingerprint density at radius 3 is 2.60 bits per heavy atom. The van der Waals surface area contributed by atoms with E-state index in [-0.39, 0.29) is 5.41 Å². The normalized spacial score (nSPS) is 25.2. The first kappa shape index (κ1) is 39.1. The molecular formula is C41H58ClN3O6S. The second-order valence-corrected chi connectivity index (χ2v) is 18.3. The zero-order valence-corrected chi connectivity index (χ0v) is 33.2. The minimum Gasteiger partial charge on any atom is -0.490 e. The number of piperidine rings is 1. The van der Waals surface area contributed by atoms with E-state index < -0.39 is 26.8 Å². The van der Waals surface area contributed by atoms with Crippen LogP contribution in [0.4, 0.5) is 5.69 Å². The number of rotatable bonds is 13. The van der Waals surface area contributed by atoms with E-state index >= 15 is 0 Å². The molecule has 2 aromatic carbocycles. The number of anilines is 1. The molecule has 0 aromatic heterocycles. The summed E-state index contributed by atoms with van der Waals surface area (Å²) in [5, 5.41) is 0.0136. The van der Waals surface area contributed by atoms with Crippen LogP contribution in [0.25, 0.3) is 0 Å². The molecule has 9 nitrogen and oxygen atoms in total.